The van der Waals surface area contributed by atoms with Gasteiger partial charge in [-0.15, -0.1) is 0 Å². The van der Waals surface area contributed by atoms with E-state index in [1.54, 1.807) is 54.6 Å². The first kappa shape index (κ1) is 45.3. The van der Waals surface area contributed by atoms with E-state index >= 15 is 4.79 Å². The lowest BCUT2D eigenvalue weighted by Gasteiger charge is -2.20. The van der Waals surface area contributed by atoms with Crippen LogP contribution in [0.1, 0.15) is 89.7 Å². The fourth-order valence-electron chi connectivity index (χ4n) is 8.52. The van der Waals surface area contributed by atoms with Gasteiger partial charge in [-0.1, -0.05) is 200 Å². The van der Waals surface area contributed by atoms with Crippen LogP contribution in [0.4, 0.5) is 0 Å². The maximum Gasteiger partial charge on any atom is 0.267 e. The molecule has 1 atom stereocenters. The first-order valence-corrected chi connectivity index (χ1v) is 23.1. The van der Waals surface area contributed by atoms with Crippen LogP contribution in [0.3, 0.4) is 0 Å². The highest BCUT2D eigenvalue weighted by Gasteiger charge is 2.29. The molecule has 1 aliphatic rings. The van der Waals surface area contributed by atoms with Crippen LogP contribution in [0.2, 0.25) is 0 Å². The third-order valence-electron chi connectivity index (χ3n) is 12.1. The minimum absolute atomic E-state index is 0.0921. The molecule has 0 N–H and O–H groups in total. The second kappa shape index (κ2) is 20.4. The number of benzene rings is 7. The molecule has 2 heterocycles. The zero-order chi connectivity index (χ0) is 48.7. The van der Waals surface area contributed by atoms with E-state index < -0.39 is 46.4 Å². The van der Waals surface area contributed by atoms with Gasteiger partial charge in [-0.25, -0.2) is 29.9 Å². The van der Waals surface area contributed by atoms with Gasteiger partial charge in [-0.05, 0) is 81.6 Å². The molecular weight excluding hydrogens is 881 g/mol. The predicted molar refractivity (Wildman–Crippen MR) is 274 cm³/mol. The molecule has 0 spiro atoms. The van der Waals surface area contributed by atoms with Crippen LogP contribution in [-0.2, 0) is 0 Å². The van der Waals surface area contributed by atoms with Crippen molar-refractivity contribution in [3.63, 3.8) is 0 Å². The number of allylic oxidation sites excluding steroid dienone is 6. The third kappa shape index (κ3) is 9.90. The molecule has 0 radical (unpaired) electrons. The summed E-state index contributed by atoms with van der Waals surface area (Å²) in [6.45, 7) is 1.85. The number of rotatable bonds is 14. The van der Waals surface area contributed by atoms with Crippen molar-refractivity contribution >= 4 is 34.3 Å². The van der Waals surface area contributed by atoms with Crippen LogP contribution >= 0.6 is 0 Å². The zero-order valence-electron chi connectivity index (χ0n) is 38.4. The average Bonchev–Trinajstić information content (AvgIpc) is 3.45. The molecule has 0 amide bonds. The molecule has 1 aliphatic carbocycles. The van der Waals surface area contributed by atoms with E-state index in [1.165, 1.54) is 0 Å². The Kier molecular flexibility index (Phi) is 13.0. The molecule has 9 aromatic rings. The van der Waals surface area contributed by atoms with Crippen molar-refractivity contribution in [3.05, 3.63) is 276 Å². The molecule has 10 nitrogen and oxygen atoms in total. The molecular formula is C61H42N6O4. The fraction of sp³-hybridized carbons (Fsp3) is 0.0492. The lowest BCUT2D eigenvalue weighted by Crippen LogP contribution is -2.23. The van der Waals surface area contributed by atoms with E-state index in [0.717, 1.165) is 44.5 Å². The Labute approximate surface area is 410 Å². The topological polar surface area (TPSA) is 146 Å². The summed E-state index contributed by atoms with van der Waals surface area (Å²) >= 11 is 0. The van der Waals surface area contributed by atoms with Crippen molar-refractivity contribution < 1.29 is 19.2 Å². The normalized spacial score (nSPS) is 13.3. The van der Waals surface area contributed by atoms with Crippen LogP contribution in [0.15, 0.2) is 218 Å². The molecule has 2 aromatic heterocycles. The Morgan fingerprint density at radius 3 is 1.07 bits per heavy atom. The minimum atomic E-state index is -0.957. The number of hydrogen-bond acceptors (Lipinski definition) is 10. The molecule has 0 saturated heterocycles. The summed E-state index contributed by atoms with van der Waals surface area (Å²) < 4.78 is 0. The van der Waals surface area contributed by atoms with Gasteiger partial charge in [0.1, 0.15) is 0 Å². The highest BCUT2D eigenvalue weighted by molar-refractivity contribution is 6.12. The van der Waals surface area contributed by atoms with Crippen LogP contribution in [-0.4, -0.2) is 53.0 Å². The quantitative estimate of drug-likeness (QED) is 0.0966. The van der Waals surface area contributed by atoms with E-state index in [0.29, 0.717) is 12.0 Å². The number of ketones is 4. The van der Waals surface area contributed by atoms with Crippen LogP contribution in [0, 0.1) is 5.92 Å². The molecule has 0 saturated carbocycles. The standard InChI is InChI=1S/C61H42N6O4/c1-2-51(47-31-15-27-43(35-47)39-19-7-3-8-20-39)56-62-57(52(68)48-32-16-28-44(36-48)40-21-9-4-10-22-40)65-60(63-56)55(71)61-66-58(53(69)49-33-17-29-45(37-49)41-23-11-5-12-24-41)64-59(67-61)54(70)50-34-18-30-46(38-50)42-25-13-6-14-26-42/h2-30,32-38,47H,31H2,1H3. The summed E-state index contributed by atoms with van der Waals surface area (Å²) in [4.78, 5) is 86.1. The van der Waals surface area contributed by atoms with E-state index in [-0.39, 0.29) is 34.3 Å². The van der Waals surface area contributed by atoms with E-state index in [1.807, 2.05) is 153 Å². The molecule has 0 bridgehead atoms. The molecule has 0 fully saturated rings. The molecule has 71 heavy (non-hydrogen) atoms. The highest BCUT2D eigenvalue weighted by atomic mass is 16.1. The van der Waals surface area contributed by atoms with Gasteiger partial charge >= 0.3 is 0 Å². The molecule has 7 aromatic carbocycles. The Morgan fingerprint density at radius 1 is 0.380 bits per heavy atom. The molecule has 10 heteroatoms. The number of aromatic nitrogens is 6. The smallest absolute Gasteiger partial charge is 0.267 e. The predicted octanol–water partition coefficient (Wildman–Crippen LogP) is 12.0. The van der Waals surface area contributed by atoms with Crippen molar-refractivity contribution in [2.45, 2.75) is 13.3 Å². The average molecular weight is 923 g/mol. The zero-order valence-corrected chi connectivity index (χ0v) is 38.4. The number of hydrogen-bond donors (Lipinski definition) is 0. The molecule has 340 valence electrons. The lowest BCUT2D eigenvalue weighted by atomic mass is 9.86. The molecule has 0 aliphatic heterocycles. The van der Waals surface area contributed by atoms with Gasteiger partial charge < -0.3 is 0 Å². The Balaban J connectivity index is 1.10. The second-order valence-corrected chi connectivity index (χ2v) is 16.7. The second-order valence-electron chi connectivity index (χ2n) is 16.7. The largest absolute Gasteiger partial charge is 0.285 e. The number of nitrogens with zero attached hydrogens (tertiary/aromatic N) is 6. The number of carbonyl (C=O) groups is 4. The first-order valence-electron chi connectivity index (χ1n) is 23.1. The van der Waals surface area contributed by atoms with Crippen molar-refractivity contribution in [1.29, 1.82) is 0 Å². The van der Waals surface area contributed by atoms with Crippen molar-refractivity contribution in [1.82, 2.24) is 29.9 Å². The van der Waals surface area contributed by atoms with Crippen LogP contribution in [0.5, 0.6) is 0 Å². The van der Waals surface area contributed by atoms with Crippen LogP contribution < -0.4 is 0 Å². The third-order valence-corrected chi connectivity index (χ3v) is 12.1. The number of carbonyl (C=O) groups excluding carboxylic acids is 4. The molecule has 1 unspecified atom stereocenters. The SMILES string of the molecule is CC=C(c1nc(C(=O)c2cccc(-c3ccccc3)c2)nc(C(=O)c2nc(C(=O)c3cccc(-c4ccccc4)c3)nc(C(=O)c3cccc(-c4ccccc4)c3)n2)n1)C1C=C(c2ccccc2)C=CC1. The summed E-state index contributed by atoms with van der Waals surface area (Å²) in [5, 5.41) is 0. The first-order chi connectivity index (χ1) is 34.8. The van der Waals surface area contributed by atoms with Gasteiger partial charge in [-0.2, -0.15) is 0 Å². The molecule has 10 rings (SSSR count). The summed E-state index contributed by atoms with van der Waals surface area (Å²) in [6, 6.07) is 59.7. The summed E-state index contributed by atoms with van der Waals surface area (Å²) in [7, 11) is 0. The van der Waals surface area contributed by atoms with Gasteiger partial charge in [-0.3, -0.25) is 19.2 Å². The van der Waals surface area contributed by atoms with Crippen molar-refractivity contribution in [2.24, 2.45) is 5.92 Å². The highest BCUT2D eigenvalue weighted by Crippen LogP contribution is 2.34. The minimum Gasteiger partial charge on any atom is -0.285 e. The van der Waals surface area contributed by atoms with E-state index in [2.05, 4.69) is 38.2 Å². The lowest BCUT2D eigenvalue weighted by molar-refractivity contribution is 0.101. The Hall–Kier alpha value is -9.54. The van der Waals surface area contributed by atoms with Gasteiger partial charge in [0, 0.05) is 22.6 Å². The monoisotopic (exact) mass is 922 g/mol. The Morgan fingerprint density at radius 2 is 0.704 bits per heavy atom. The summed E-state index contributed by atoms with van der Waals surface area (Å²) in [5.41, 5.74) is 8.36. The van der Waals surface area contributed by atoms with Gasteiger partial charge in [0.05, 0.1) is 0 Å². The van der Waals surface area contributed by atoms with Gasteiger partial charge in [0.25, 0.3) is 5.78 Å². The fourth-order valence-corrected chi connectivity index (χ4v) is 8.52. The summed E-state index contributed by atoms with van der Waals surface area (Å²) in [5.74, 6) is -5.19. The van der Waals surface area contributed by atoms with Crippen molar-refractivity contribution in [3.8, 4) is 33.4 Å². The maximum atomic E-state index is 15.1. The maximum absolute atomic E-state index is 15.1. The van der Waals surface area contributed by atoms with Gasteiger partial charge in [0.15, 0.2) is 5.82 Å². The van der Waals surface area contributed by atoms with E-state index in [4.69, 9.17) is 9.97 Å². The van der Waals surface area contributed by atoms with E-state index in [9.17, 15) is 14.4 Å². The summed E-state index contributed by atoms with van der Waals surface area (Å²) in [6.07, 6.45) is 8.69. The Bertz CT molecular complexity index is 3480. The van der Waals surface area contributed by atoms with Gasteiger partial charge in [0.2, 0.25) is 46.5 Å². The van der Waals surface area contributed by atoms with Crippen molar-refractivity contribution in [2.75, 3.05) is 0 Å². The van der Waals surface area contributed by atoms with Crippen LogP contribution in [0.25, 0.3) is 44.5 Å².